The third kappa shape index (κ3) is 3.66. The molecule has 1 aromatic heterocycles. The highest BCUT2D eigenvalue weighted by Gasteiger charge is 2.36. The number of nitrogens with zero attached hydrogens (tertiary/aromatic N) is 2. The van der Waals surface area contributed by atoms with Crippen LogP contribution in [0.2, 0.25) is 0 Å². The maximum atomic E-state index is 13.8. The van der Waals surface area contributed by atoms with Crippen molar-refractivity contribution < 1.29 is 23.2 Å². The largest absolute Gasteiger partial charge is 0.309 e. The SMILES string of the molecule is O=C(NNC(=O)C1CC(=O)N(c2ccc(F)cc2F)C1)c1cccnc1. The highest BCUT2D eigenvalue weighted by Crippen LogP contribution is 2.27. The number of nitrogens with one attached hydrogen (secondary N) is 2. The molecule has 1 aliphatic rings. The van der Waals surface area contributed by atoms with Gasteiger partial charge in [0.15, 0.2) is 0 Å². The monoisotopic (exact) mass is 360 g/mol. The minimum atomic E-state index is -0.885. The van der Waals surface area contributed by atoms with Crippen LogP contribution in [-0.4, -0.2) is 29.3 Å². The molecule has 26 heavy (non-hydrogen) atoms. The fourth-order valence-corrected chi connectivity index (χ4v) is 2.61. The minimum absolute atomic E-state index is 0.0734. The normalized spacial score (nSPS) is 16.5. The van der Waals surface area contributed by atoms with E-state index < -0.39 is 35.3 Å². The topological polar surface area (TPSA) is 91.4 Å². The van der Waals surface area contributed by atoms with E-state index in [1.807, 2.05) is 0 Å². The number of benzene rings is 1. The standard InChI is InChI=1S/C17H14F2N4O3/c18-12-3-4-14(13(19)7-12)23-9-11(6-15(23)24)17(26)22-21-16(25)10-2-1-5-20-8-10/h1-5,7-8,11H,6,9H2,(H,21,25)(H,22,26). The molecule has 0 saturated carbocycles. The maximum absolute atomic E-state index is 13.8. The van der Waals surface area contributed by atoms with E-state index >= 15 is 0 Å². The Balaban J connectivity index is 1.61. The summed E-state index contributed by atoms with van der Waals surface area (Å²) in [5.74, 6) is -4.03. The Morgan fingerprint density at radius 1 is 1.19 bits per heavy atom. The molecular weight excluding hydrogens is 346 g/mol. The molecule has 1 aromatic carbocycles. The van der Waals surface area contributed by atoms with Crippen LogP contribution in [0.5, 0.6) is 0 Å². The lowest BCUT2D eigenvalue weighted by molar-refractivity contribution is -0.126. The van der Waals surface area contributed by atoms with Crippen LogP contribution >= 0.6 is 0 Å². The van der Waals surface area contributed by atoms with Crippen LogP contribution < -0.4 is 15.8 Å². The van der Waals surface area contributed by atoms with Crippen molar-refractivity contribution in [2.75, 3.05) is 11.4 Å². The van der Waals surface area contributed by atoms with Crippen molar-refractivity contribution in [2.24, 2.45) is 5.92 Å². The van der Waals surface area contributed by atoms with Crippen molar-refractivity contribution in [3.8, 4) is 0 Å². The van der Waals surface area contributed by atoms with E-state index in [9.17, 15) is 23.2 Å². The van der Waals surface area contributed by atoms with Gasteiger partial charge in [0.1, 0.15) is 11.6 Å². The summed E-state index contributed by atoms with van der Waals surface area (Å²) in [7, 11) is 0. The summed E-state index contributed by atoms with van der Waals surface area (Å²) in [4.78, 5) is 41.0. The molecule has 1 saturated heterocycles. The van der Waals surface area contributed by atoms with Crippen molar-refractivity contribution in [1.29, 1.82) is 0 Å². The second-order valence-electron chi connectivity index (χ2n) is 5.69. The van der Waals surface area contributed by atoms with E-state index in [-0.39, 0.29) is 24.2 Å². The number of pyridine rings is 1. The van der Waals surface area contributed by atoms with Gasteiger partial charge in [-0.2, -0.15) is 0 Å². The smallest absolute Gasteiger partial charge is 0.271 e. The highest BCUT2D eigenvalue weighted by molar-refractivity contribution is 6.01. The third-order valence-electron chi connectivity index (χ3n) is 3.92. The van der Waals surface area contributed by atoms with Crippen LogP contribution in [0, 0.1) is 17.6 Å². The number of aromatic nitrogens is 1. The zero-order chi connectivity index (χ0) is 18.7. The second-order valence-corrected chi connectivity index (χ2v) is 5.69. The Hall–Kier alpha value is -3.36. The third-order valence-corrected chi connectivity index (χ3v) is 3.92. The predicted octanol–water partition coefficient (Wildman–Crippen LogP) is 1.17. The van der Waals surface area contributed by atoms with Crippen molar-refractivity contribution in [1.82, 2.24) is 15.8 Å². The van der Waals surface area contributed by atoms with E-state index in [0.29, 0.717) is 6.07 Å². The van der Waals surface area contributed by atoms with Gasteiger partial charge in [0.25, 0.3) is 5.91 Å². The summed E-state index contributed by atoms with van der Waals surface area (Å²) in [6, 6.07) is 5.94. The molecule has 9 heteroatoms. The van der Waals surface area contributed by atoms with Crippen LogP contribution in [0.4, 0.5) is 14.5 Å². The molecule has 2 N–H and O–H groups in total. The van der Waals surface area contributed by atoms with Crippen molar-refractivity contribution in [2.45, 2.75) is 6.42 Å². The fraction of sp³-hybridized carbons (Fsp3) is 0.176. The first-order valence-electron chi connectivity index (χ1n) is 7.71. The number of carbonyl (C=O) groups excluding carboxylic acids is 3. The number of halogens is 2. The van der Waals surface area contributed by atoms with Gasteiger partial charge in [-0.15, -0.1) is 0 Å². The molecule has 1 fully saturated rings. The first-order chi connectivity index (χ1) is 12.5. The quantitative estimate of drug-likeness (QED) is 0.804. The van der Waals surface area contributed by atoms with Gasteiger partial charge in [-0.3, -0.25) is 30.2 Å². The number of carbonyl (C=O) groups is 3. The average Bonchev–Trinajstić information content (AvgIpc) is 3.02. The number of hydrazine groups is 1. The molecule has 0 aliphatic carbocycles. The number of rotatable bonds is 3. The lowest BCUT2D eigenvalue weighted by Gasteiger charge is -2.17. The van der Waals surface area contributed by atoms with Crippen molar-refractivity contribution in [3.05, 3.63) is 59.9 Å². The highest BCUT2D eigenvalue weighted by atomic mass is 19.1. The molecule has 134 valence electrons. The number of anilines is 1. The van der Waals surface area contributed by atoms with Gasteiger partial charge < -0.3 is 4.90 Å². The molecule has 3 rings (SSSR count). The number of hydrogen-bond donors (Lipinski definition) is 2. The molecule has 0 radical (unpaired) electrons. The molecule has 1 atom stereocenters. The molecule has 0 spiro atoms. The minimum Gasteiger partial charge on any atom is -0.309 e. The average molecular weight is 360 g/mol. The van der Waals surface area contributed by atoms with Crippen LogP contribution in [0.25, 0.3) is 0 Å². The summed E-state index contributed by atoms with van der Waals surface area (Å²) in [5.41, 5.74) is 4.64. The molecule has 3 amide bonds. The number of amides is 3. The Kier molecular flexibility index (Phi) is 4.87. The molecule has 0 bridgehead atoms. The Morgan fingerprint density at radius 2 is 2.00 bits per heavy atom. The predicted molar refractivity (Wildman–Crippen MR) is 86.7 cm³/mol. The lowest BCUT2D eigenvalue weighted by atomic mass is 10.1. The summed E-state index contributed by atoms with van der Waals surface area (Å²) in [6.45, 7) is -0.0734. The summed E-state index contributed by atoms with van der Waals surface area (Å²) < 4.78 is 26.8. The van der Waals surface area contributed by atoms with Crippen LogP contribution in [0.3, 0.4) is 0 Å². The lowest BCUT2D eigenvalue weighted by Crippen LogP contribution is -2.45. The zero-order valence-electron chi connectivity index (χ0n) is 13.4. The Morgan fingerprint density at radius 3 is 2.69 bits per heavy atom. The van der Waals surface area contributed by atoms with Gasteiger partial charge in [-0.05, 0) is 24.3 Å². The Bertz CT molecular complexity index is 860. The van der Waals surface area contributed by atoms with E-state index in [2.05, 4.69) is 15.8 Å². The molecule has 1 aliphatic heterocycles. The van der Waals surface area contributed by atoms with E-state index in [4.69, 9.17) is 0 Å². The van der Waals surface area contributed by atoms with Crippen LogP contribution in [0.15, 0.2) is 42.7 Å². The van der Waals surface area contributed by atoms with E-state index in [1.165, 1.54) is 18.5 Å². The van der Waals surface area contributed by atoms with Gasteiger partial charge in [0.2, 0.25) is 11.8 Å². The molecule has 7 nitrogen and oxygen atoms in total. The molecule has 2 aromatic rings. The van der Waals surface area contributed by atoms with Crippen LogP contribution in [0.1, 0.15) is 16.8 Å². The summed E-state index contributed by atoms with van der Waals surface area (Å²) in [6.07, 6.45) is 2.69. The van der Waals surface area contributed by atoms with E-state index in [1.54, 1.807) is 6.07 Å². The first-order valence-corrected chi connectivity index (χ1v) is 7.71. The Labute approximate surface area is 147 Å². The summed E-state index contributed by atoms with van der Waals surface area (Å²) in [5, 5.41) is 0. The van der Waals surface area contributed by atoms with Crippen LogP contribution in [-0.2, 0) is 9.59 Å². The zero-order valence-corrected chi connectivity index (χ0v) is 13.4. The van der Waals surface area contributed by atoms with E-state index in [0.717, 1.165) is 17.0 Å². The van der Waals surface area contributed by atoms with Crippen molar-refractivity contribution >= 4 is 23.4 Å². The van der Waals surface area contributed by atoms with Gasteiger partial charge in [0.05, 0.1) is 17.2 Å². The van der Waals surface area contributed by atoms with Gasteiger partial charge in [0, 0.05) is 31.4 Å². The second kappa shape index (κ2) is 7.26. The van der Waals surface area contributed by atoms with Gasteiger partial charge in [-0.1, -0.05) is 0 Å². The maximum Gasteiger partial charge on any atom is 0.271 e. The van der Waals surface area contributed by atoms with Gasteiger partial charge in [-0.25, -0.2) is 8.78 Å². The first kappa shape index (κ1) is 17.5. The molecule has 1 unspecified atom stereocenters. The number of hydrogen-bond acceptors (Lipinski definition) is 4. The fourth-order valence-electron chi connectivity index (χ4n) is 2.61. The summed E-state index contributed by atoms with van der Waals surface area (Å²) >= 11 is 0. The van der Waals surface area contributed by atoms with Gasteiger partial charge >= 0.3 is 0 Å². The molecular formula is C17H14F2N4O3. The molecule has 2 heterocycles. The van der Waals surface area contributed by atoms with Crippen molar-refractivity contribution in [3.63, 3.8) is 0 Å².